The summed E-state index contributed by atoms with van der Waals surface area (Å²) in [4.78, 5) is 12.1. The van der Waals surface area contributed by atoms with Crippen molar-refractivity contribution in [2.75, 3.05) is 0 Å². The van der Waals surface area contributed by atoms with Gasteiger partial charge in [0.1, 0.15) is 28.2 Å². The SMILES string of the molecule is Cc1ccc2n[nH]nc2c1CNC(=O)c1cc(F)c(C(F)(F)F)c(F)c1. The third-order valence-electron chi connectivity index (χ3n) is 3.84. The maximum absolute atomic E-state index is 13.6. The summed E-state index contributed by atoms with van der Waals surface area (Å²) in [5.74, 6) is -4.62. The highest BCUT2D eigenvalue weighted by Gasteiger charge is 2.38. The Labute approximate surface area is 143 Å². The maximum Gasteiger partial charge on any atom is 0.422 e. The van der Waals surface area contributed by atoms with Crippen molar-refractivity contribution >= 4 is 16.9 Å². The Kier molecular flexibility index (Phi) is 4.34. The Morgan fingerprint density at radius 2 is 1.81 bits per heavy atom. The average molecular weight is 370 g/mol. The van der Waals surface area contributed by atoms with Crippen LogP contribution in [-0.2, 0) is 12.7 Å². The number of nitrogens with zero attached hydrogens (tertiary/aromatic N) is 2. The number of aromatic nitrogens is 3. The van der Waals surface area contributed by atoms with E-state index in [1.807, 2.05) is 0 Å². The van der Waals surface area contributed by atoms with Crippen LogP contribution in [0.1, 0.15) is 27.0 Å². The molecule has 0 bridgehead atoms. The van der Waals surface area contributed by atoms with Gasteiger partial charge < -0.3 is 5.32 Å². The minimum Gasteiger partial charge on any atom is -0.348 e. The summed E-state index contributed by atoms with van der Waals surface area (Å²) in [6.07, 6.45) is -5.19. The molecule has 2 N–H and O–H groups in total. The average Bonchev–Trinajstić information content (AvgIpc) is 3.00. The number of rotatable bonds is 3. The van der Waals surface area contributed by atoms with Crippen molar-refractivity contribution in [1.82, 2.24) is 20.7 Å². The van der Waals surface area contributed by atoms with E-state index in [1.165, 1.54) is 0 Å². The van der Waals surface area contributed by atoms with Gasteiger partial charge in [0.05, 0.1) is 0 Å². The molecule has 0 atom stereocenters. The Bertz CT molecular complexity index is 973. The van der Waals surface area contributed by atoms with Gasteiger partial charge >= 0.3 is 6.18 Å². The van der Waals surface area contributed by atoms with E-state index in [-0.39, 0.29) is 6.54 Å². The van der Waals surface area contributed by atoms with E-state index in [0.717, 1.165) is 5.56 Å². The molecule has 3 rings (SSSR count). The van der Waals surface area contributed by atoms with Crippen LogP contribution in [0.4, 0.5) is 22.0 Å². The monoisotopic (exact) mass is 370 g/mol. The number of fused-ring (bicyclic) bond motifs is 1. The normalized spacial score (nSPS) is 11.8. The highest BCUT2D eigenvalue weighted by molar-refractivity contribution is 5.94. The number of H-pyrrole nitrogens is 1. The largest absolute Gasteiger partial charge is 0.422 e. The van der Waals surface area contributed by atoms with Crippen molar-refractivity contribution in [2.24, 2.45) is 0 Å². The molecule has 0 radical (unpaired) electrons. The van der Waals surface area contributed by atoms with E-state index in [4.69, 9.17) is 0 Å². The van der Waals surface area contributed by atoms with Crippen LogP contribution in [0.25, 0.3) is 11.0 Å². The van der Waals surface area contributed by atoms with Gasteiger partial charge in [-0.3, -0.25) is 4.79 Å². The first-order valence-corrected chi connectivity index (χ1v) is 7.32. The third kappa shape index (κ3) is 3.22. The van der Waals surface area contributed by atoms with Gasteiger partial charge in [-0.25, -0.2) is 8.78 Å². The molecule has 0 fully saturated rings. The van der Waals surface area contributed by atoms with Crippen molar-refractivity contribution in [3.63, 3.8) is 0 Å². The van der Waals surface area contributed by atoms with Crippen LogP contribution in [0.5, 0.6) is 0 Å². The van der Waals surface area contributed by atoms with Crippen LogP contribution in [-0.4, -0.2) is 21.3 Å². The molecule has 1 aromatic heterocycles. The standard InChI is InChI=1S/C16H11F5N4O/c1-7-2-3-12-14(24-25-23-12)9(7)6-22-15(26)8-4-10(17)13(11(18)5-8)16(19,20)21/h2-5H,6H2,1H3,(H,22,26)(H,23,24,25). The van der Waals surface area contributed by atoms with Crippen LogP contribution in [0.15, 0.2) is 24.3 Å². The number of alkyl halides is 3. The minimum atomic E-state index is -5.19. The summed E-state index contributed by atoms with van der Waals surface area (Å²) >= 11 is 0. The molecule has 3 aromatic rings. The Morgan fingerprint density at radius 3 is 2.42 bits per heavy atom. The van der Waals surface area contributed by atoms with Gasteiger partial charge in [0.2, 0.25) is 0 Å². The number of aromatic amines is 1. The smallest absolute Gasteiger partial charge is 0.348 e. The predicted octanol–water partition coefficient (Wildman–Crippen LogP) is 3.49. The van der Waals surface area contributed by atoms with E-state index >= 15 is 0 Å². The number of aryl methyl sites for hydroxylation is 1. The molecular weight excluding hydrogens is 359 g/mol. The number of hydrogen-bond donors (Lipinski definition) is 2. The lowest BCUT2D eigenvalue weighted by Gasteiger charge is -2.12. The topological polar surface area (TPSA) is 70.7 Å². The number of amides is 1. The zero-order valence-electron chi connectivity index (χ0n) is 13.2. The Hall–Kier alpha value is -3.04. The van der Waals surface area contributed by atoms with Crippen molar-refractivity contribution in [1.29, 1.82) is 0 Å². The molecule has 10 heteroatoms. The van der Waals surface area contributed by atoms with Crippen molar-refractivity contribution in [3.05, 3.63) is 58.2 Å². The van der Waals surface area contributed by atoms with Crippen LogP contribution >= 0.6 is 0 Å². The van der Waals surface area contributed by atoms with Gasteiger partial charge in [-0.15, -0.1) is 0 Å². The highest BCUT2D eigenvalue weighted by atomic mass is 19.4. The van der Waals surface area contributed by atoms with Crippen LogP contribution in [0.2, 0.25) is 0 Å². The Balaban J connectivity index is 1.85. The van der Waals surface area contributed by atoms with Gasteiger partial charge in [0.15, 0.2) is 0 Å². The summed E-state index contributed by atoms with van der Waals surface area (Å²) in [5, 5.41) is 12.7. The second-order valence-electron chi connectivity index (χ2n) is 5.55. The molecule has 0 unspecified atom stereocenters. The number of hydrogen-bond acceptors (Lipinski definition) is 3. The van der Waals surface area contributed by atoms with E-state index in [0.29, 0.717) is 28.7 Å². The van der Waals surface area contributed by atoms with E-state index in [1.54, 1.807) is 19.1 Å². The molecule has 0 saturated carbocycles. The highest BCUT2D eigenvalue weighted by Crippen LogP contribution is 2.34. The van der Waals surface area contributed by atoms with E-state index in [2.05, 4.69) is 20.7 Å². The van der Waals surface area contributed by atoms with Gasteiger partial charge in [0, 0.05) is 17.7 Å². The van der Waals surface area contributed by atoms with Crippen molar-refractivity contribution in [3.8, 4) is 0 Å². The Morgan fingerprint density at radius 1 is 1.15 bits per heavy atom. The molecule has 1 heterocycles. The maximum atomic E-state index is 13.6. The van der Waals surface area contributed by atoms with Gasteiger partial charge in [-0.2, -0.15) is 28.6 Å². The number of halogens is 5. The first-order chi connectivity index (χ1) is 12.2. The van der Waals surface area contributed by atoms with Crippen LogP contribution < -0.4 is 5.32 Å². The molecular formula is C16H11F5N4O. The first kappa shape index (κ1) is 17.8. The lowest BCUT2D eigenvalue weighted by molar-refractivity contribution is -0.142. The number of nitrogens with one attached hydrogen (secondary N) is 2. The molecule has 1 amide bonds. The van der Waals surface area contributed by atoms with E-state index < -0.39 is 34.8 Å². The fraction of sp³-hybridized carbons (Fsp3) is 0.188. The zero-order valence-corrected chi connectivity index (χ0v) is 13.2. The minimum absolute atomic E-state index is 0.0429. The summed E-state index contributed by atoms with van der Waals surface area (Å²) in [6, 6.07) is 4.18. The van der Waals surface area contributed by atoms with Crippen LogP contribution in [0, 0.1) is 18.6 Å². The number of benzene rings is 2. The molecule has 0 spiro atoms. The summed E-state index contributed by atoms with van der Waals surface area (Å²) in [6.45, 7) is 1.73. The lowest BCUT2D eigenvalue weighted by atomic mass is 10.1. The molecule has 0 aliphatic rings. The fourth-order valence-electron chi connectivity index (χ4n) is 2.54. The second-order valence-corrected chi connectivity index (χ2v) is 5.55. The molecule has 26 heavy (non-hydrogen) atoms. The van der Waals surface area contributed by atoms with E-state index in [9.17, 15) is 26.7 Å². The second kappa shape index (κ2) is 6.36. The quantitative estimate of drug-likeness (QED) is 0.694. The fourth-order valence-corrected chi connectivity index (χ4v) is 2.54. The van der Waals surface area contributed by atoms with Crippen LogP contribution in [0.3, 0.4) is 0 Å². The summed E-state index contributed by atoms with van der Waals surface area (Å²) < 4.78 is 64.9. The van der Waals surface area contributed by atoms with Gasteiger partial charge in [0.25, 0.3) is 5.91 Å². The number of carbonyl (C=O) groups is 1. The molecule has 136 valence electrons. The molecule has 0 aliphatic heterocycles. The van der Waals surface area contributed by atoms with Gasteiger partial charge in [-0.05, 0) is 30.7 Å². The first-order valence-electron chi connectivity index (χ1n) is 7.32. The molecule has 2 aromatic carbocycles. The lowest BCUT2D eigenvalue weighted by Crippen LogP contribution is -2.24. The van der Waals surface area contributed by atoms with Gasteiger partial charge in [-0.1, -0.05) is 6.07 Å². The number of carbonyl (C=O) groups excluding carboxylic acids is 1. The zero-order chi connectivity index (χ0) is 19.1. The summed E-state index contributed by atoms with van der Waals surface area (Å²) in [5.41, 5.74) is -0.106. The van der Waals surface area contributed by atoms with Crippen molar-refractivity contribution < 1.29 is 26.7 Å². The third-order valence-corrected chi connectivity index (χ3v) is 3.84. The molecule has 5 nitrogen and oxygen atoms in total. The molecule has 0 saturated heterocycles. The van der Waals surface area contributed by atoms with Crippen molar-refractivity contribution in [2.45, 2.75) is 19.6 Å². The predicted molar refractivity (Wildman–Crippen MR) is 81.2 cm³/mol. The summed E-state index contributed by atoms with van der Waals surface area (Å²) in [7, 11) is 0. The molecule has 0 aliphatic carbocycles.